The van der Waals surface area contributed by atoms with Crippen LogP contribution in [-0.4, -0.2) is 62.3 Å². The lowest BCUT2D eigenvalue weighted by atomic mass is 10.0. The Morgan fingerprint density at radius 2 is 2.11 bits per heavy atom. The van der Waals surface area contributed by atoms with Gasteiger partial charge in [0.05, 0.1) is 6.61 Å². The number of nitrogens with zero attached hydrogens (tertiary/aromatic N) is 2. The molecule has 2 saturated heterocycles. The first-order valence-corrected chi connectivity index (χ1v) is 7.78. The topological polar surface area (TPSA) is 15.7 Å². The van der Waals surface area contributed by atoms with E-state index in [1.165, 1.54) is 38.9 Å². The molecule has 4 heteroatoms. The first-order valence-electron chi connectivity index (χ1n) is 6.99. The highest BCUT2D eigenvalue weighted by Crippen LogP contribution is 2.20. The van der Waals surface area contributed by atoms with Crippen molar-refractivity contribution in [3.63, 3.8) is 0 Å². The lowest BCUT2D eigenvalue weighted by Crippen LogP contribution is -2.45. The van der Waals surface area contributed by atoms with Crippen molar-refractivity contribution in [2.75, 3.05) is 46.4 Å². The first-order chi connectivity index (χ1) is 8.65. The Labute approximate surface area is 119 Å². The van der Waals surface area contributed by atoms with Crippen LogP contribution in [0.5, 0.6) is 0 Å². The van der Waals surface area contributed by atoms with Gasteiger partial charge in [-0.15, -0.1) is 0 Å². The fourth-order valence-electron chi connectivity index (χ4n) is 3.03. The van der Waals surface area contributed by atoms with E-state index in [2.05, 4.69) is 39.4 Å². The summed E-state index contributed by atoms with van der Waals surface area (Å²) >= 11 is 3.45. The van der Waals surface area contributed by atoms with Gasteiger partial charge >= 0.3 is 0 Å². The van der Waals surface area contributed by atoms with E-state index in [1.54, 1.807) is 0 Å². The van der Waals surface area contributed by atoms with Crippen LogP contribution in [0.25, 0.3) is 0 Å². The van der Waals surface area contributed by atoms with Crippen LogP contribution in [-0.2, 0) is 4.74 Å². The quantitative estimate of drug-likeness (QED) is 0.774. The Balaban J connectivity index is 1.68. The fraction of sp³-hybridized carbons (Fsp3) is 0.857. The van der Waals surface area contributed by atoms with Crippen LogP contribution in [0.3, 0.4) is 0 Å². The van der Waals surface area contributed by atoms with E-state index >= 15 is 0 Å². The molecule has 18 heavy (non-hydrogen) atoms. The molecule has 0 bridgehead atoms. The molecule has 2 heterocycles. The van der Waals surface area contributed by atoms with E-state index in [1.807, 2.05) is 0 Å². The summed E-state index contributed by atoms with van der Waals surface area (Å²) in [5.41, 5.74) is 0. The van der Waals surface area contributed by atoms with Crippen LogP contribution in [0.2, 0.25) is 0 Å². The molecule has 0 aromatic rings. The number of ether oxygens (including phenoxy) is 1. The lowest BCUT2D eigenvalue weighted by Gasteiger charge is -2.37. The predicted molar refractivity (Wildman–Crippen MR) is 79.1 cm³/mol. The number of hydrogen-bond donors (Lipinski definition) is 0. The molecule has 0 aliphatic carbocycles. The molecule has 1 unspecified atom stereocenters. The third kappa shape index (κ3) is 4.34. The molecule has 0 amide bonds. The molecular formula is C14H25BrN2O. The number of piperidine rings is 1. The maximum absolute atomic E-state index is 5.45. The van der Waals surface area contributed by atoms with Crippen molar-refractivity contribution in [2.24, 2.45) is 5.92 Å². The molecular weight excluding hydrogens is 292 g/mol. The molecule has 0 saturated carbocycles. The second kappa shape index (κ2) is 7.04. The molecule has 0 aromatic heterocycles. The molecule has 0 N–H and O–H groups in total. The average molecular weight is 317 g/mol. The van der Waals surface area contributed by atoms with Crippen molar-refractivity contribution in [1.82, 2.24) is 9.80 Å². The van der Waals surface area contributed by atoms with Crippen LogP contribution < -0.4 is 0 Å². The molecule has 2 aliphatic rings. The zero-order chi connectivity index (χ0) is 13.0. The standard InChI is InChI=1S/C14H25BrN2O/c1-12(15)9-16(2)14-3-6-17(7-4-14)10-13-5-8-18-11-13/h13-14H,1,3-11H2,2H3. The van der Waals surface area contributed by atoms with E-state index in [0.29, 0.717) is 0 Å². The van der Waals surface area contributed by atoms with Crippen LogP contribution in [0.1, 0.15) is 19.3 Å². The summed E-state index contributed by atoms with van der Waals surface area (Å²) in [4.78, 5) is 5.04. The van der Waals surface area contributed by atoms with Gasteiger partial charge in [0.2, 0.25) is 0 Å². The Morgan fingerprint density at radius 3 is 2.67 bits per heavy atom. The van der Waals surface area contributed by atoms with E-state index < -0.39 is 0 Å². The Hall–Kier alpha value is 0.1000. The van der Waals surface area contributed by atoms with Gasteiger partial charge < -0.3 is 9.64 Å². The van der Waals surface area contributed by atoms with E-state index in [9.17, 15) is 0 Å². The molecule has 1 atom stereocenters. The van der Waals surface area contributed by atoms with Crippen LogP contribution in [0.15, 0.2) is 11.1 Å². The zero-order valence-corrected chi connectivity index (χ0v) is 13.0. The minimum atomic E-state index is 0.718. The minimum Gasteiger partial charge on any atom is -0.381 e. The number of likely N-dealkylation sites (tertiary alicyclic amines) is 1. The van der Waals surface area contributed by atoms with E-state index in [0.717, 1.165) is 36.2 Å². The highest BCUT2D eigenvalue weighted by Gasteiger charge is 2.25. The molecule has 2 fully saturated rings. The molecule has 104 valence electrons. The van der Waals surface area contributed by atoms with Crippen molar-refractivity contribution in [3.8, 4) is 0 Å². The Bertz CT molecular complexity index is 271. The largest absolute Gasteiger partial charge is 0.381 e. The van der Waals surface area contributed by atoms with Gasteiger partial charge in [0.1, 0.15) is 0 Å². The Kier molecular flexibility index (Phi) is 5.67. The SMILES string of the molecule is C=C(Br)CN(C)C1CCN(CC2CCOC2)CC1. The van der Waals surface area contributed by atoms with Crippen molar-refractivity contribution < 1.29 is 4.74 Å². The van der Waals surface area contributed by atoms with Gasteiger partial charge in [0, 0.05) is 30.2 Å². The summed E-state index contributed by atoms with van der Waals surface area (Å²) < 4.78 is 6.53. The van der Waals surface area contributed by atoms with Gasteiger partial charge in [-0.25, -0.2) is 0 Å². The smallest absolute Gasteiger partial charge is 0.0507 e. The molecule has 3 nitrogen and oxygen atoms in total. The molecule has 0 aromatic carbocycles. The lowest BCUT2D eigenvalue weighted by molar-refractivity contribution is 0.115. The summed E-state index contributed by atoms with van der Waals surface area (Å²) in [6, 6.07) is 0.718. The molecule has 0 radical (unpaired) electrons. The van der Waals surface area contributed by atoms with Crippen molar-refractivity contribution >= 4 is 15.9 Å². The van der Waals surface area contributed by atoms with Crippen LogP contribution >= 0.6 is 15.9 Å². The number of hydrogen-bond acceptors (Lipinski definition) is 3. The number of likely N-dealkylation sites (N-methyl/N-ethyl adjacent to an activating group) is 1. The summed E-state index contributed by atoms with van der Waals surface area (Å²) in [5, 5.41) is 0. The maximum Gasteiger partial charge on any atom is 0.0507 e. The highest BCUT2D eigenvalue weighted by atomic mass is 79.9. The molecule has 2 rings (SSSR count). The summed E-state index contributed by atoms with van der Waals surface area (Å²) in [5.74, 6) is 0.779. The average Bonchev–Trinajstić information content (AvgIpc) is 2.82. The monoisotopic (exact) mass is 316 g/mol. The predicted octanol–water partition coefficient (Wildman–Crippen LogP) is 2.33. The Morgan fingerprint density at radius 1 is 1.39 bits per heavy atom. The van der Waals surface area contributed by atoms with Crippen LogP contribution in [0.4, 0.5) is 0 Å². The van der Waals surface area contributed by atoms with Gasteiger partial charge in [0.25, 0.3) is 0 Å². The second-order valence-corrected chi connectivity index (χ2v) is 6.82. The molecule has 0 spiro atoms. The normalized spacial score (nSPS) is 26.9. The van der Waals surface area contributed by atoms with Crippen LogP contribution in [0, 0.1) is 5.92 Å². The van der Waals surface area contributed by atoms with Crippen molar-refractivity contribution in [3.05, 3.63) is 11.1 Å². The first kappa shape index (κ1) is 14.5. The zero-order valence-electron chi connectivity index (χ0n) is 11.4. The summed E-state index contributed by atoms with van der Waals surface area (Å²) in [6.45, 7) is 10.5. The van der Waals surface area contributed by atoms with Gasteiger partial charge in [0.15, 0.2) is 0 Å². The van der Waals surface area contributed by atoms with E-state index in [4.69, 9.17) is 4.74 Å². The van der Waals surface area contributed by atoms with Gasteiger partial charge in [-0.05, 0) is 45.3 Å². The molecule has 2 aliphatic heterocycles. The van der Waals surface area contributed by atoms with Crippen molar-refractivity contribution in [2.45, 2.75) is 25.3 Å². The number of halogens is 1. The second-order valence-electron chi connectivity index (χ2n) is 5.69. The minimum absolute atomic E-state index is 0.718. The van der Waals surface area contributed by atoms with Gasteiger partial charge in [-0.1, -0.05) is 22.5 Å². The summed E-state index contributed by atoms with van der Waals surface area (Å²) in [7, 11) is 2.21. The number of rotatable bonds is 5. The fourth-order valence-corrected chi connectivity index (χ4v) is 3.43. The maximum atomic E-state index is 5.45. The highest BCUT2D eigenvalue weighted by molar-refractivity contribution is 9.11. The third-order valence-corrected chi connectivity index (χ3v) is 4.39. The summed E-state index contributed by atoms with van der Waals surface area (Å²) in [6.07, 6.45) is 3.82. The van der Waals surface area contributed by atoms with E-state index in [-0.39, 0.29) is 0 Å². The van der Waals surface area contributed by atoms with Gasteiger partial charge in [-0.3, -0.25) is 4.90 Å². The third-order valence-electron chi connectivity index (χ3n) is 4.14. The van der Waals surface area contributed by atoms with Gasteiger partial charge in [-0.2, -0.15) is 0 Å². The van der Waals surface area contributed by atoms with Crippen molar-refractivity contribution in [1.29, 1.82) is 0 Å².